The predicted molar refractivity (Wildman–Crippen MR) is 101 cm³/mol. The zero-order chi connectivity index (χ0) is 18.6. The molecule has 2 fully saturated rings. The Kier molecular flexibility index (Phi) is 4.85. The van der Waals surface area contributed by atoms with E-state index < -0.39 is 13.7 Å². The van der Waals surface area contributed by atoms with Crippen LogP contribution in [0.2, 0.25) is 18.1 Å². The Labute approximate surface area is 153 Å². The summed E-state index contributed by atoms with van der Waals surface area (Å²) < 4.78 is 18.4. The highest BCUT2D eigenvalue weighted by molar-refractivity contribution is 6.74. The molecular formula is C20H34O4Si. The van der Waals surface area contributed by atoms with Crippen LogP contribution >= 0.6 is 0 Å². The number of fused-ring (bicyclic) bond motifs is 5. The van der Waals surface area contributed by atoms with Gasteiger partial charge in [0.05, 0.1) is 18.1 Å². The van der Waals surface area contributed by atoms with Gasteiger partial charge in [-0.15, -0.1) is 0 Å². The Morgan fingerprint density at radius 1 is 1.36 bits per heavy atom. The fraction of sp³-hybridized carbons (Fsp3) is 0.850. The van der Waals surface area contributed by atoms with Crippen molar-refractivity contribution in [3.8, 4) is 0 Å². The molecule has 1 unspecified atom stereocenters. The van der Waals surface area contributed by atoms with E-state index in [0.717, 1.165) is 12.7 Å². The summed E-state index contributed by atoms with van der Waals surface area (Å²) in [5.74, 6) is 1.32. The van der Waals surface area contributed by atoms with Gasteiger partial charge in [0.1, 0.15) is 6.29 Å². The van der Waals surface area contributed by atoms with E-state index in [2.05, 4.69) is 52.9 Å². The second-order valence-electron chi connectivity index (χ2n) is 9.46. The lowest BCUT2D eigenvalue weighted by Crippen LogP contribution is -2.50. The quantitative estimate of drug-likeness (QED) is 0.388. The molecule has 0 N–H and O–H groups in total. The number of ether oxygens (including phenoxy) is 2. The van der Waals surface area contributed by atoms with E-state index in [9.17, 15) is 4.79 Å². The number of hydrogen-bond acceptors (Lipinski definition) is 4. The highest BCUT2D eigenvalue weighted by Gasteiger charge is 2.68. The van der Waals surface area contributed by atoms with Crippen LogP contribution in [0, 0.1) is 29.1 Å². The van der Waals surface area contributed by atoms with E-state index in [-0.39, 0.29) is 29.3 Å². The number of rotatable bonds is 7. The van der Waals surface area contributed by atoms with E-state index >= 15 is 0 Å². The van der Waals surface area contributed by atoms with Crippen LogP contribution in [0.15, 0.2) is 12.2 Å². The van der Waals surface area contributed by atoms with Crippen molar-refractivity contribution in [2.45, 2.75) is 64.6 Å². The van der Waals surface area contributed by atoms with Gasteiger partial charge in [-0.3, -0.25) is 0 Å². The van der Waals surface area contributed by atoms with Gasteiger partial charge in [-0.1, -0.05) is 39.8 Å². The summed E-state index contributed by atoms with van der Waals surface area (Å²) in [5.41, 5.74) is -0.480. The molecule has 142 valence electrons. The minimum absolute atomic E-state index is 0.126. The third-order valence-corrected chi connectivity index (χ3v) is 12.5. The molecule has 1 saturated carbocycles. The van der Waals surface area contributed by atoms with E-state index in [1.165, 1.54) is 0 Å². The molecule has 1 heterocycles. The van der Waals surface area contributed by atoms with Crippen LogP contribution in [-0.2, 0) is 18.7 Å². The Morgan fingerprint density at radius 3 is 2.60 bits per heavy atom. The molecule has 0 amide bonds. The summed E-state index contributed by atoms with van der Waals surface area (Å²) in [7, 11) is -0.279. The number of carbonyl (C=O) groups is 1. The van der Waals surface area contributed by atoms with Crippen molar-refractivity contribution in [1.82, 2.24) is 0 Å². The molecule has 0 aromatic heterocycles. The Bertz CT molecular complexity index is 556. The zero-order valence-electron chi connectivity index (χ0n) is 16.7. The molecule has 5 heteroatoms. The smallest absolute Gasteiger partial charge is 0.192 e. The van der Waals surface area contributed by atoms with Crippen molar-refractivity contribution in [1.29, 1.82) is 0 Å². The van der Waals surface area contributed by atoms with Crippen LogP contribution in [0.25, 0.3) is 0 Å². The topological polar surface area (TPSA) is 44.8 Å². The maximum absolute atomic E-state index is 12.3. The van der Waals surface area contributed by atoms with Gasteiger partial charge < -0.3 is 18.7 Å². The normalized spacial score (nSPS) is 40.1. The van der Waals surface area contributed by atoms with Crippen molar-refractivity contribution in [3.63, 3.8) is 0 Å². The minimum Gasteiger partial charge on any atom is -0.414 e. The lowest BCUT2D eigenvalue weighted by molar-refractivity contribution is -0.145. The minimum atomic E-state index is -1.96. The first-order valence-electron chi connectivity index (χ1n) is 9.58. The van der Waals surface area contributed by atoms with Gasteiger partial charge in [0.15, 0.2) is 14.6 Å². The van der Waals surface area contributed by atoms with Crippen LogP contribution in [0.4, 0.5) is 0 Å². The fourth-order valence-corrected chi connectivity index (χ4v) is 7.36. The first kappa shape index (κ1) is 19.3. The standard InChI is InChI=1S/C20H34O4Si/c1-13(2)19(3,4)25(6,7)23-11-16-20(12-21)15-9-8-14(10-15)17(20)18(22-5)24-16/h8-9,12-18H,10-11H2,1-7H3/t14-,15+,16+,17?,18-,20+/m0/s1. The monoisotopic (exact) mass is 366 g/mol. The second-order valence-corrected chi connectivity index (χ2v) is 14.1. The number of methoxy groups -OCH3 is 1. The zero-order valence-corrected chi connectivity index (χ0v) is 17.7. The van der Waals surface area contributed by atoms with E-state index in [1.807, 2.05) is 0 Å². The van der Waals surface area contributed by atoms with Gasteiger partial charge >= 0.3 is 0 Å². The molecule has 0 spiro atoms. The van der Waals surface area contributed by atoms with Gasteiger partial charge in [0.25, 0.3) is 0 Å². The van der Waals surface area contributed by atoms with Crippen LogP contribution in [-0.4, -0.2) is 40.7 Å². The molecule has 2 aliphatic carbocycles. The van der Waals surface area contributed by atoms with E-state index in [1.54, 1.807) is 7.11 Å². The number of aldehydes is 1. The molecule has 6 atom stereocenters. The molecule has 0 radical (unpaired) electrons. The van der Waals surface area contributed by atoms with E-state index in [4.69, 9.17) is 13.9 Å². The highest BCUT2D eigenvalue weighted by Crippen LogP contribution is 2.63. The first-order chi connectivity index (χ1) is 11.6. The van der Waals surface area contributed by atoms with Crippen LogP contribution in [0.1, 0.15) is 34.1 Å². The average Bonchev–Trinajstić information content (AvgIpc) is 3.22. The molecule has 3 rings (SSSR count). The Hall–Kier alpha value is -0.493. The molecule has 25 heavy (non-hydrogen) atoms. The largest absolute Gasteiger partial charge is 0.414 e. The van der Waals surface area contributed by atoms with Gasteiger partial charge in [-0.2, -0.15) is 0 Å². The van der Waals surface area contributed by atoms with E-state index in [0.29, 0.717) is 18.4 Å². The van der Waals surface area contributed by atoms with Gasteiger partial charge in [-0.25, -0.2) is 0 Å². The first-order valence-corrected chi connectivity index (χ1v) is 12.5. The molecule has 3 aliphatic rings. The summed E-state index contributed by atoms with van der Waals surface area (Å²) in [6.45, 7) is 14.2. The lowest BCUT2D eigenvalue weighted by atomic mass is 9.67. The molecule has 1 aliphatic heterocycles. The highest BCUT2D eigenvalue weighted by atomic mass is 28.4. The number of carbonyl (C=O) groups excluding carboxylic acids is 1. The molecule has 0 aromatic rings. The van der Waals surface area contributed by atoms with Crippen molar-refractivity contribution in [2.24, 2.45) is 29.1 Å². The molecule has 2 bridgehead atoms. The third kappa shape index (κ3) is 2.61. The second kappa shape index (κ2) is 6.29. The van der Waals surface area contributed by atoms with Crippen molar-refractivity contribution < 1.29 is 18.7 Å². The summed E-state index contributed by atoms with van der Waals surface area (Å²) in [6, 6.07) is 0. The maximum Gasteiger partial charge on any atom is 0.192 e. The number of hydrogen-bond donors (Lipinski definition) is 0. The van der Waals surface area contributed by atoms with Crippen LogP contribution in [0.3, 0.4) is 0 Å². The van der Waals surface area contributed by atoms with Crippen LogP contribution in [0.5, 0.6) is 0 Å². The third-order valence-electron chi connectivity index (χ3n) is 7.97. The summed E-state index contributed by atoms with van der Waals surface area (Å²) >= 11 is 0. The SMILES string of the molecule is CO[C@H]1O[C@H](CO[Si](C)(C)C(C)(C)C(C)C)[C@]2(C=O)C1[C@H]1C=C[C@@H]2C1. The number of allylic oxidation sites excluding steroid dienone is 2. The molecule has 1 saturated heterocycles. The van der Waals surface area contributed by atoms with Crippen molar-refractivity contribution in [3.05, 3.63) is 12.2 Å². The summed E-state index contributed by atoms with van der Waals surface area (Å²) in [4.78, 5) is 12.3. The molecular weight excluding hydrogens is 332 g/mol. The Morgan fingerprint density at radius 2 is 2.04 bits per heavy atom. The average molecular weight is 367 g/mol. The summed E-state index contributed by atoms with van der Waals surface area (Å²) in [6.07, 6.45) is 6.14. The fourth-order valence-electron chi connectivity index (χ4n) is 5.03. The van der Waals surface area contributed by atoms with Gasteiger partial charge in [-0.05, 0) is 42.3 Å². The molecule has 0 aromatic carbocycles. The summed E-state index contributed by atoms with van der Waals surface area (Å²) in [5, 5.41) is 0.147. The molecule has 4 nitrogen and oxygen atoms in total. The van der Waals surface area contributed by atoms with Crippen LogP contribution < -0.4 is 0 Å². The Balaban J connectivity index is 1.81. The van der Waals surface area contributed by atoms with Crippen molar-refractivity contribution >= 4 is 14.6 Å². The maximum atomic E-state index is 12.3. The lowest BCUT2D eigenvalue weighted by Gasteiger charge is -2.44. The van der Waals surface area contributed by atoms with Gasteiger partial charge in [0, 0.05) is 13.0 Å². The van der Waals surface area contributed by atoms with Gasteiger partial charge in [0.2, 0.25) is 0 Å². The predicted octanol–water partition coefficient (Wildman–Crippen LogP) is 4.02. The van der Waals surface area contributed by atoms with Crippen molar-refractivity contribution in [2.75, 3.05) is 13.7 Å².